The summed E-state index contributed by atoms with van der Waals surface area (Å²) in [4.78, 5) is 9.11. The van der Waals surface area contributed by atoms with Crippen LogP contribution in [0.1, 0.15) is 22.3 Å². The van der Waals surface area contributed by atoms with Gasteiger partial charge >= 0.3 is 0 Å². The fourth-order valence-corrected chi connectivity index (χ4v) is 7.21. The van der Waals surface area contributed by atoms with Crippen LogP contribution in [0.2, 0.25) is 0 Å². The largest absolute Gasteiger partial charge is 0.256 e. The van der Waals surface area contributed by atoms with Crippen molar-refractivity contribution in [2.24, 2.45) is 0 Å². The van der Waals surface area contributed by atoms with E-state index in [9.17, 15) is 0 Å². The van der Waals surface area contributed by atoms with Gasteiger partial charge in [-0.1, -0.05) is 145 Å². The highest BCUT2D eigenvalue weighted by Gasteiger charge is 2.20. The van der Waals surface area contributed by atoms with Crippen LogP contribution in [-0.2, 0) is 0 Å². The summed E-state index contributed by atoms with van der Waals surface area (Å²) in [6.07, 6.45) is 3.64. The quantitative estimate of drug-likeness (QED) is 0.136. The molecule has 0 amide bonds. The van der Waals surface area contributed by atoms with Crippen LogP contribution in [-0.4, -0.2) is 9.97 Å². The molecule has 0 atom stereocenters. The summed E-state index contributed by atoms with van der Waals surface area (Å²) in [5, 5.41) is 4.51. The normalized spacial score (nSPS) is 10.7. The van der Waals surface area contributed by atoms with E-state index in [0.29, 0.717) is 0 Å². The van der Waals surface area contributed by atoms with Gasteiger partial charge in [-0.3, -0.25) is 9.97 Å². The molecule has 0 radical (unpaired) electrons. The first kappa shape index (κ1) is 32.4. The number of rotatable bonds is 4. The molecule has 9 rings (SSSR count). The van der Waals surface area contributed by atoms with E-state index in [1.54, 1.807) is 0 Å². The summed E-state index contributed by atoms with van der Waals surface area (Å²) in [5.41, 5.74) is 12.3. The summed E-state index contributed by atoms with van der Waals surface area (Å²) in [6.45, 7) is 0. The summed E-state index contributed by atoms with van der Waals surface area (Å²) >= 11 is 0. The van der Waals surface area contributed by atoms with Crippen molar-refractivity contribution in [1.29, 1.82) is 0 Å². The van der Waals surface area contributed by atoms with E-state index in [2.05, 4.69) is 167 Å². The second kappa shape index (κ2) is 14.6. The predicted molar refractivity (Wildman–Crippen MR) is 224 cm³/mol. The average molecular weight is 685 g/mol. The lowest BCUT2D eigenvalue weighted by atomic mass is 9.83. The first-order chi connectivity index (χ1) is 26.8. The van der Waals surface area contributed by atoms with Crippen LogP contribution in [0.3, 0.4) is 0 Å². The first-order valence-electron chi connectivity index (χ1n) is 18.0. The second-order valence-corrected chi connectivity index (χ2v) is 13.0. The van der Waals surface area contributed by atoms with E-state index in [1.165, 1.54) is 0 Å². The van der Waals surface area contributed by atoms with Gasteiger partial charge in [-0.05, 0) is 93.7 Å². The molecule has 0 unspecified atom stereocenters. The Morgan fingerprint density at radius 1 is 0.315 bits per heavy atom. The predicted octanol–water partition coefficient (Wildman–Crippen LogP) is 12.3. The zero-order chi connectivity index (χ0) is 36.1. The van der Waals surface area contributed by atoms with Crippen molar-refractivity contribution in [2.75, 3.05) is 0 Å². The number of hydrogen-bond donors (Lipinski definition) is 0. The number of nitrogens with zero attached hydrogens (tertiary/aromatic N) is 2. The molecule has 7 aromatic carbocycles. The summed E-state index contributed by atoms with van der Waals surface area (Å²) in [6, 6.07) is 62.9. The van der Waals surface area contributed by atoms with Gasteiger partial charge in [0.25, 0.3) is 0 Å². The van der Waals surface area contributed by atoms with Crippen LogP contribution in [0, 0.1) is 23.7 Å². The molecule has 0 aliphatic rings. The Morgan fingerprint density at radius 2 is 0.722 bits per heavy atom. The number of benzene rings is 7. The minimum Gasteiger partial charge on any atom is -0.256 e. The van der Waals surface area contributed by atoms with E-state index in [0.717, 1.165) is 88.6 Å². The van der Waals surface area contributed by atoms with Gasteiger partial charge in [0.1, 0.15) is 0 Å². The number of fused-ring (bicyclic) bond motifs is 2. The lowest BCUT2D eigenvalue weighted by molar-refractivity contribution is 1.32. The fraction of sp³-hybridized carbons (Fsp3) is 0. The van der Waals surface area contributed by atoms with E-state index in [-0.39, 0.29) is 0 Å². The van der Waals surface area contributed by atoms with Gasteiger partial charge in [0.15, 0.2) is 0 Å². The Hall–Kier alpha value is -7.52. The van der Waals surface area contributed by atoms with Crippen molar-refractivity contribution >= 4 is 21.5 Å². The standard InChI is InChI=1S/C52H32N2/c1-3-17-39(18-4-1)49-45-25-13-22-42(32-30-38-16-12-24-44(36-38)48-28-8-10-34-54-48)52(45)50(40-19-5-2-6-20-40)46-26-14-21-41(51(46)49)31-29-37-15-11-23-43(35-37)47-27-7-9-33-53-47/h1-28,33-36H. The molecule has 0 aliphatic heterocycles. The van der Waals surface area contributed by atoms with Crippen molar-refractivity contribution in [3.63, 3.8) is 0 Å². The Morgan fingerprint density at radius 3 is 1.15 bits per heavy atom. The molecule has 9 aromatic rings. The zero-order valence-electron chi connectivity index (χ0n) is 29.4. The summed E-state index contributed by atoms with van der Waals surface area (Å²) in [5.74, 6) is 14.2. The minimum atomic E-state index is 0.927. The van der Waals surface area contributed by atoms with Gasteiger partial charge in [-0.2, -0.15) is 0 Å². The molecule has 0 spiro atoms. The number of hydrogen-bond acceptors (Lipinski definition) is 2. The Labute approximate surface area is 315 Å². The van der Waals surface area contributed by atoms with Gasteiger partial charge < -0.3 is 0 Å². The van der Waals surface area contributed by atoms with Gasteiger partial charge in [0.2, 0.25) is 0 Å². The average Bonchev–Trinajstić information content (AvgIpc) is 3.25. The molecule has 2 nitrogen and oxygen atoms in total. The number of pyridine rings is 2. The van der Waals surface area contributed by atoms with Crippen molar-refractivity contribution in [3.8, 4) is 68.5 Å². The smallest absolute Gasteiger partial charge is 0.0702 e. The zero-order valence-corrected chi connectivity index (χ0v) is 29.4. The fourth-order valence-electron chi connectivity index (χ4n) is 7.21. The maximum absolute atomic E-state index is 4.56. The molecule has 0 saturated heterocycles. The van der Waals surface area contributed by atoms with Crippen molar-refractivity contribution < 1.29 is 0 Å². The number of aromatic nitrogens is 2. The molecule has 2 heterocycles. The lowest BCUT2D eigenvalue weighted by Crippen LogP contribution is -1.95. The van der Waals surface area contributed by atoms with Gasteiger partial charge in [-0.25, -0.2) is 0 Å². The van der Waals surface area contributed by atoms with Crippen LogP contribution in [0.5, 0.6) is 0 Å². The van der Waals surface area contributed by atoms with Crippen LogP contribution in [0.25, 0.3) is 66.3 Å². The summed E-state index contributed by atoms with van der Waals surface area (Å²) in [7, 11) is 0. The molecule has 0 saturated carbocycles. The van der Waals surface area contributed by atoms with E-state index in [4.69, 9.17) is 0 Å². The molecule has 0 fully saturated rings. The van der Waals surface area contributed by atoms with Crippen molar-refractivity contribution in [2.45, 2.75) is 0 Å². The van der Waals surface area contributed by atoms with E-state index >= 15 is 0 Å². The van der Waals surface area contributed by atoms with E-state index in [1.807, 2.05) is 60.9 Å². The Bertz CT molecular complexity index is 2710. The van der Waals surface area contributed by atoms with Crippen molar-refractivity contribution in [1.82, 2.24) is 9.97 Å². The van der Waals surface area contributed by atoms with E-state index < -0.39 is 0 Å². The van der Waals surface area contributed by atoms with Gasteiger partial charge in [-0.15, -0.1) is 0 Å². The third kappa shape index (κ3) is 6.42. The molecular formula is C52H32N2. The third-order valence-corrected chi connectivity index (χ3v) is 9.62. The highest BCUT2D eigenvalue weighted by atomic mass is 14.7. The molecule has 2 aromatic heterocycles. The molecule has 0 bridgehead atoms. The highest BCUT2D eigenvalue weighted by molar-refractivity contribution is 6.24. The maximum Gasteiger partial charge on any atom is 0.0702 e. The van der Waals surface area contributed by atoms with Gasteiger partial charge in [0, 0.05) is 56.5 Å². The third-order valence-electron chi connectivity index (χ3n) is 9.62. The Balaban J connectivity index is 1.29. The monoisotopic (exact) mass is 684 g/mol. The maximum atomic E-state index is 4.56. The van der Waals surface area contributed by atoms with Crippen molar-refractivity contribution in [3.05, 3.63) is 217 Å². The van der Waals surface area contributed by atoms with Crippen LogP contribution >= 0.6 is 0 Å². The minimum absolute atomic E-state index is 0.927. The van der Waals surface area contributed by atoms with Crippen LogP contribution in [0.4, 0.5) is 0 Å². The van der Waals surface area contributed by atoms with Gasteiger partial charge in [0.05, 0.1) is 11.4 Å². The molecule has 0 N–H and O–H groups in total. The first-order valence-corrected chi connectivity index (χ1v) is 18.0. The second-order valence-electron chi connectivity index (χ2n) is 13.0. The highest BCUT2D eigenvalue weighted by Crippen LogP contribution is 2.45. The molecule has 0 aliphatic carbocycles. The molecular weight excluding hydrogens is 653 g/mol. The Kier molecular flexibility index (Phi) is 8.76. The van der Waals surface area contributed by atoms with Crippen LogP contribution < -0.4 is 0 Å². The molecule has 2 heteroatoms. The lowest BCUT2D eigenvalue weighted by Gasteiger charge is -2.20. The molecule has 250 valence electrons. The topological polar surface area (TPSA) is 25.8 Å². The SMILES string of the molecule is C(#Cc1cccc2c(-c3ccccc3)c3c(C#Cc4cccc(-c5ccccn5)c4)cccc3c(-c3ccccc3)c12)c1cccc(-c2ccccn2)c1. The molecule has 54 heavy (non-hydrogen) atoms. The van der Waals surface area contributed by atoms with Crippen LogP contribution in [0.15, 0.2) is 194 Å². The summed E-state index contributed by atoms with van der Waals surface area (Å²) < 4.78 is 0.